The number of H-pyrrole nitrogens is 1. The quantitative estimate of drug-likeness (QED) is 0.693. The van der Waals surface area contributed by atoms with Crippen LogP contribution in [0.25, 0.3) is 10.9 Å². The highest BCUT2D eigenvalue weighted by atomic mass is 16.5. The van der Waals surface area contributed by atoms with Crippen molar-refractivity contribution in [2.24, 2.45) is 0 Å². The van der Waals surface area contributed by atoms with Crippen LogP contribution in [0.15, 0.2) is 42.5 Å². The molecule has 4 rings (SSSR count). The maximum Gasteiger partial charge on any atom is 0.339 e. The van der Waals surface area contributed by atoms with Gasteiger partial charge in [-0.05, 0) is 30.3 Å². The summed E-state index contributed by atoms with van der Waals surface area (Å²) in [6.07, 6.45) is 0.663. The Balaban J connectivity index is 1.62. The number of amides is 1. The van der Waals surface area contributed by atoms with Crippen LogP contribution in [0, 0.1) is 0 Å². The molecule has 1 aliphatic heterocycles. The van der Waals surface area contributed by atoms with Crippen molar-refractivity contribution >= 4 is 28.7 Å². The third-order valence-electron chi connectivity index (χ3n) is 5.26. The molecule has 0 unspecified atom stereocenters. The fourth-order valence-electron chi connectivity index (χ4n) is 3.74. The summed E-state index contributed by atoms with van der Waals surface area (Å²) in [4.78, 5) is 41.7. The average molecular weight is 392 g/mol. The van der Waals surface area contributed by atoms with Gasteiger partial charge in [0.15, 0.2) is 0 Å². The van der Waals surface area contributed by atoms with E-state index in [4.69, 9.17) is 4.74 Å². The molecular formula is C22H20N2O5. The van der Waals surface area contributed by atoms with E-state index in [1.165, 1.54) is 14.2 Å². The minimum absolute atomic E-state index is 0.106. The van der Waals surface area contributed by atoms with E-state index in [0.29, 0.717) is 36.2 Å². The molecule has 0 spiro atoms. The molecule has 3 aromatic rings. The first-order valence-corrected chi connectivity index (χ1v) is 9.22. The molecule has 1 amide bonds. The summed E-state index contributed by atoms with van der Waals surface area (Å²) in [5, 5.41) is 0.918. The maximum absolute atomic E-state index is 13.0. The second-order valence-corrected chi connectivity index (χ2v) is 6.85. The zero-order valence-electron chi connectivity index (χ0n) is 16.2. The number of ether oxygens (including phenoxy) is 2. The predicted octanol–water partition coefficient (Wildman–Crippen LogP) is 2.94. The third-order valence-corrected chi connectivity index (χ3v) is 5.26. The first-order valence-electron chi connectivity index (χ1n) is 9.22. The van der Waals surface area contributed by atoms with Gasteiger partial charge in [-0.25, -0.2) is 9.59 Å². The van der Waals surface area contributed by atoms with Crippen LogP contribution < -0.4 is 0 Å². The van der Waals surface area contributed by atoms with E-state index in [-0.39, 0.29) is 5.91 Å². The van der Waals surface area contributed by atoms with E-state index in [1.807, 2.05) is 12.1 Å². The van der Waals surface area contributed by atoms with Gasteiger partial charge in [0.1, 0.15) is 0 Å². The molecule has 2 heterocycles. The Labute approximate surface area is 167 Å². The predicted molar refractivity (Wildman–Crippen MR) is 106 cm³/mol. The Morgan fingerprint density at radius 3 is 2.31 bits per heavy atom. The molecule has 0 saturated heterocycles. The van der Waals surface area contributed by atoms with Gasteiger partial charge >= 0.3 is 11.9 Å². The van der Waals surface area contributed by atoms with Gasteiger partial charge in [-0.1, -0.05) is 12.1 Å². The van der Waals surface area contributed by atoms with Crippen molar-refractivity contribution in [1.29, 1.82) is 0 Å². The number of hydrogen-bond acceptors (Lipinski definition) is 5. The van der Waals surface area contributed by atoms with Crippen LogP contribution >= 0.6 is 0 Å². The van der Waals surface area contributed by atoms with Crippen molar-refractivity contribution in [2.45, 2.75) is 13.0 Å². The summed E-state index contributed by atoms with van der Waals surface area (Å²) in [6, 6.07) is 11.9. The molecule has 0 saturated carbocycles. The van der Waals surface area contributed by atoms with Crippen molar-refractivity contribution < 1.29 is 23.9 Å². The standard InChI is InChI=1S/C22H20N2O5/c1-28-21(26)14-8-6-13(7-9-14)20(25)24-11-10-18-17(12-24)15-4-3-5-16(19(15)23-18)22(27)29-2/h3-9,23H,10-12H2,1-2H3. The monoisotopic (exact) mass is 392 g/mol. The number of rotatable bonds is 3. The summed E-state index contributed by atoms with van der Waals surface area (Å²) >= 11 is 0. The van der Waals surface area contributed by atoms with Crippen LogP contribution in [0.4, 0.5) is 0 Å². The van der Waals surface area contributed by atoms with Gasteiger partial charge in [0.05, 0.1) is 30.9 Å². The minimum Gasteiger partial charge on any atom is -0.465 e. The van der Waals surface area contributed by atoms with Crippen LogP contribution in [-0.2, 0) is 22.4 Å². The molecule has 0 radical (unpaired) electrons. The molecule has 0 fully saturated rings. The average Bonchev–Trinajstić information content (AvgIpc) is 3.15. The lowest BCUT2D eigenvalue weighted by Gasteiger charge is -2.27. The normalized spacial score (nSPS) is 13.1. The molecule has 0 atom stereocenters. The number of carbonyl (C=O) groups is 3. The Hall–Kier alpha value is -3.61. The number of nitrogens with zero attached hydrogens (tertiary/aromatic N) is 1. The van der Waals surface area contributed by atoms with Crippen LogP contribution in [0.1, 0.15) is 42.3 Å². The largest absolute Gasteiger partial charge is 0.465 e. The lowest BCUT2D eigenvalue weighted by Crippen LogP contribution is -2.35. The Kier molecular flexibility index (Phi) is 4.80. The molecule has 7 nitrogen and oxygen atoms in total. The highest BCUT2D eigenvalue weighted by Gasteiger charge is 2.26. The van der Waals surface area contributed by atoms with Gasteiger partial charge in [0.25, 0.3) is 5.91 Å². The molecule has 7 heteroatoms. The Morgan fingerprint density at radius 2 is 1.62 bits per heavy atom. The van der Waals surface area contributed by atoms with E-state index in [2.05, 4.69) is 9.72 Å². The Bertz CT molecular complexity index is 1110. The second-order valence-electron chi connectivity index (χ2n) is 6.85. The summed E-state index contributed by atoms with van der Waals surface area (Å²) in [6.45, 7) is 1.00. The van der Waals surface area contributed by atoms with Gasteiger partial charge in [0.2, 0.25) is 0 Å². The summed E-state index contributed by atoms with van der Waals surface area (Å²) in [7, 11) is 2.68. The van der Waals surface area contributed by atoms with E-state index in [9.17, 15) is 14.4 Å². The smallest absolute Gasteiger partial charge is 0.339 e. The molecule has 2 aromatic carbocycles. The van der Waals surface area contributed by atoms with Crippen LogP contribution in [0.3, 0.4) is 0 Å². The summed E-state index contributed by atoms with van der Waals surface area (Å²) in [5.41, 5.74) is 4.17. The first-order chi connectivity index (χ1) is 14.0. The molecule has 1 aliphatic rings. The number of benzene rings is 2. The van der Waals surface area contributed by atoms with Crippen molar-refractivity contribution in [3.8, 4) is 0 Å². The van der Waals surface area contributed by atoms with Gasteiger partial charge < -0.3 is 19.4 Å². The molecule has 1 N–H and O–H groups in total. The molecule has 29 heavy (non-hydrogen) atoms. The second kappa shape index (κ2) is 7.43. The lowest BCUT2D eigenvalue weighted by atomic mass is 10.0. The Morgan fingerprint density at radius 1 is 0.931 bits per heavy atom. The van der Waals surface area contributed by atoms with Crippen molar-refractivity contribution in [2.75, 3.05) is 20.8 Å². The van der Waals surface area contributed by atoms with Crippen LogP contribution in [-0.4, -0.2) is 48.5 Å². The van der Waals surface area contributed by atoms with E-state index in [0.717, 1.165) is 22.2 Å². The first kappa shape index (κ1) is 18.7. The van der Waals surface area contributed by atoms with E-state index >= 15 is 0 Å². The van der Waals surface area contributed by atoms with Gasteiger partial charge in [-0.15, -0.1) is 0 Å². The molecular weight excluding hydrogens is 372 g/mol. The van der Waals surface area contributed by atoms with Gasteiger partial charge in [-0.3, -0.25) is 4.79 Å². The lowest BCUT2D eigenvalue weighted by molar-refractivity contribution is 0.0592. The van der Waals surface area contributed by atoms with Crippen LogP contribution in [0.5, 0.6) is 0 Å². The molecule has 0 aliphatic carbocycles. The highest BCUT2D eigenvalue weighted by molar-refractivity contribution is 6.04. The van der Waals surface area contributed by atoms with E-state index < -0.39 is 11.9 Å². The van der Waals surface area contributed by atoms with Crippen molar-refractivity contribution in [1.82, 2.24) is 9.88 Å². The number of nitrogens with one attached hydrogen (secondary N) is 1. The molecule has 0 bridgehead atoms. The van der Waals surface area contributed by atoms with Gasteiger partial charge in [0, 0.05) is 41.7 Å². The number of aromatic amines is 1. The number of para-hydroxylation sites is 1. The van der Waals surface area contributed by atoms with Crippen molar-refractivity contribution in [3.63, 3.8) is 0 Å². The van der Waals surface area contributed by atoms with Crippen molar-refractivity contribution in [3.05, 3.63) is 70.4 Å². The van der Waals surface area contributed by atoms with Crippen LogP contribution in [0.2, 0.25) is 0 Å². The number of methoxy groups -OCH3 is 2. The zero-order valence-corrected chi connectivity index (χ0v) is 16.2. The number of aromatic nitrogens is 1. The van der Waals surface area contributed by atoms with E-state index in [1.54, 1.807) is 35.2 Å². The third kappa shape index (κ3) is 3.24. The fourth-order valence-corrected chi connectivity index (χ4v) is 3.74. The maximum atomic E-state index is 13.0. The summed E-state index contributed by atoms with van der Waals surface area (Å²) < 4.78 is 9.56. The van der Waals surface area contributed by atoms with Gasteiger partial charge in [-0.2, -0.15) is 0 Å². The summed E-state index contributed by atoms with van der Waals surface area (Å²) in [5.74, 6) is -0.940. The highest BCUT2D eigenvalue weighted by Crippen LogP contribution is 2.30. The molecule has 148 valence electrons. The number of fused-ring (bicyclic) bond motifs is 3. The number of carbonyl (C=O) groups excluding carboxylic acids is 3. The minimum atomic E-state index is -0.438. The topological polar surface area (TPSA) is 88.7 Å². The molecule has 1 aromatic heterocycles. The number of hydrogen-bond donors (Lipinski definition) is 1. The number of esters is 2. The zero-order chi connectivity index (χ0) is 20.5. The SMILES string of the molecule is COC(=O)c1ccc(C(=O)N2CCc3[nH]c4c(C(=O)OC)cccc4c3C2)cc1. The fraction of sp³-hybridized carbons (Fsp3) is 0.227.